The fourth-order valence-corrected chi connectivity index (χ4v) is 1.45. The van der Waals surface area contributed by atoms with Crippen molar-refractivity contribution in [3.05, 3.63) is 29.6 Å². The van der Waals surface area contributed by atoms with Crippen LogP contribution in [-0.2, 0) is 0 Å². The fraction of sp³-hybridized carbons (Fsp3) is 0.364. The lowest BCUT2D eigenvalue weighted by atomic mass is 10.2. The van der Waals surface area contributed by atoms with E-state index in [-0.39, 0.29) is 16.4 Å². The van der Waals surface area contributed by atoms with Gasteiger partial charge in [-0.15, -0.1) is 0 Å². The SMILES string of the molecule is CC1(NC(=O)c2ccc(C(N)=S)cn2)CC1. The molecule has 0 atom stereocenters. The zero-order chi connectivity index (χ0) is 11.8. The molecule has 0 radical (unpaired) electrons. The van der Waals surface area contributed by atoms with Gasteiger partial charge < -0.3 is 11.1 Å². The van der Waals surface area contributed by atoms with E-state index in [9.17, 15) is 4.79 Å². The maximum absolute atomic E-state index is 11.7. The minimum atomic E-state index is -0.144. The zero-order valence-corrected chi connectivity index (χ0v) is 9.80. The summed E-state index contributed by atoms with van der Waals surface area (Å²) in [4.78, 5) is 16.1. The highest BCUT2D eigenvalue weighted by atomic mass is 32.1. The second-order valence-corrected chi connectivity index (χ2v) is 4.75. The van der Waals surface area contributed by atoms with Crippen LogP contribution in [0.25, 0.3) is 0 Å². The number of hydrogen-bond donors (Lipinski definition) is 2. The van der Waals surface area contributed by atoms with Gasteiger partial charge in [0.25, 0.3) is 5.91 Å². The van der Waals surface area contributed by atoms with Crippen molar-refractivity contribution in [1.29, 1.82) is 0 Å². The number of nitrogens with one attached hydrogen (secondary N) is 1. The number of carbonyl (C=O) groups excluding carboxylic acids is 1. The van der Waals surface area contributed by atoms with E-state index >= 15 is 0 Å². The Bertz CT molecular complexity index is 437. The third kappa shape index (κ3) is 2.36. The maximum atomic E-state index is 11.7. The van der Waals surface area contributed by atoms with Gasteiger partial charge in [-0.1, -0.05) is 12.2 Å². The Balaban J connectivity index is 2.09. The molecule has 1 aliphatic carbocycles. The lowest BCUT2D eigenvalue weighted by molar-refractivity contribution is 0.0930. The Hall–Kier alpha value is -1.49. The number of nitrogens with two attached hydrogens (primary N) is 1. The van der Waals surface area contributed by atoms with Crippen molar-refractivity contribution >= 4 is 23.1 Å². The summed E-state index contributed by atoms with van der Waals surface area (Å²) in [6.45, 7) is 2.02. The topological polar surface area (TPSA) is 68.0 Å². The molecule has 1 saturated carbocycles. The molecule has 84 valence electrons. The molecule has 0 unspecified atom stereocenters. The Kier molecular flexibility index (Phi) is 2.63. The molecule has 16 heavy (non-hydrogen) atoms. The first-order chi connectivity index (χ1) is 7.50. The van der Waals surface area contributed by atoms with Gasteiger partial charge in [-0.05, 0) is 31.9 Å². The average Bonchev–Trinajstić information content (AvgIpc) is 2.96. The second kappa shape index (κ2) is 3.83. The molecule has 1 aromatic rings. The summed E-state index contributed by atoms with van der Waals surface area (Å²) < 4.78 is 0. The number of amides is 1. The van der Waals surface area contributed by atoms with Gasteiger partial charge in [0.2, 0.25) is 0 Å². The van der Waals surface area contributed by atoms with Crippen molar-refractivity contribution in [2.24, 2.45) is 5.73 Å². The number of pyridine rings is 1. The third-order valence-corrected chi connectivity index (χ3v) is 2.93. The van der Waals surface area contributed by atoms with Gasteiger partial charge >= 0.3 is 0 Å². The fourth-order valence-electron chi connectivity index (χ4n) is 1.32. The zero-order valence-electron chi connectivity index (χ0n) is 8.99. The molecule has 0 aromatic carbocycles. The van der Waals surface area contributed by atoms with E-state index in [4.69, 9.17) is 18.0 Å². The highest BCUT2D eigenvalue weighted by Gasteiger charge is 2.38. The normalized spacial score (nSPS) is 16.6. The van der Waals surface area contributed by atoms with E-state index in [0.717, 1.165) is 12.8 Å². The molecule has 2 rings (SSSR count). The number of thiocarbonyl (C=S) groups is 1. The van der Waals surface area contributed by atoms with E-state index in [1.54, 1.807) is 12.1 Å². The molecule has 1 aliphatic rings. The Morgan fingerprint density at radius 1 is 1.56 bits per heavy atom. The van der Waals surface area contributed by atoms with E-state index in [0.29, 0.717) is 11.3 Å². The van der Waals surface area contributed by atoms with Gasteiger partial charge in [0.15, 0.2) is 0 Å². The van der Waals surface area contributed by atoms with Crippen molar-refractivity contribution in [1.82, 2.24) is 10.3 Å². The standard InChI is InChI=1S/C11H13N3OS/c1-11(4-5-11)14-10(15)8-3-2-7(6-13-8)9(12)16/h2-3,6H,4-5H2,1H3,(H2,12,16)(H,14,15). The predicted molar refractivity (Wildman–Crippen MR) is 65.2 cm³/mol. The van der Waals surface area contributed by atoms with E-state index < -0.39 is 0 Å². The molecule has 1 heterocycles. The highest BCUT2D eigenvalue weighted by molar-refractivity contribution is 7.80. The Morgan fingerprint density at radius 3 is 2.69 bits per heavy atom. The van der Waals surface area contributed by atoms with Crippen molar-refractivity contribution in [2.45, 2.75) is 25.3 Å². The van der Waals surface area contributed by atoms with Crippen LogP contribution in [0.2, 0.25) is 0 Å². The first-order valence-corrected chi connectivity index (χ1v) is 5.49. The van der Waals surface area contributed by atoms with Crippen LogP contribution >= 0.6 is 12.2 Å². The molecule has 0 saturated heterocycles. The number of carbonyl (C=O) groups is 1. The molecule has 0 aliphatic heterocycles. The predicted octanol–water partition coefficient (Wildman–Crippen LogP) is 0.998. The van der Waals surface area contributed by atoms with Gasteiger partial charge in [0.05, 0.1) is 0 Å². The number of nitrogens with zero attached hydrogens (tertiary/aromatic N) is 1. The van der Waals surface area contributed by atoms with Crippen LogP contribution in [0, 0.1) is 0 Å². The summed E-state index contributed by atoms with van der Waals surface area (Å²) in [7, 11) is 0. The molecule has 5 heteroatoms. The molecular formula is C11H13N3OS. The van der Waals surface area contributed by atoms with Crippen LogP contribution in [0.15, 0.2) is 18.3 Å². The lowest BCUT2D eigenvalue weighted by Crippen LogP contribution is -2.34. The van der Waals surface area contributed by atoms with E-state index in [1.165, 1.54) is 6.20 Å². The Morgan fingerprint density at radius 2 is 2.25 bits per heavy atom. The van der Waals surface area contributed by atoms with E-state index in [1.807, 2.05) is 6.92 Å². The molecule has 3 N–H and O–H groups in total. The number of hydrogen-bond acceptors (Lipinski definition) is 3. The summed E-state index contributed by atoms with van der Waals surface area (Å²) in [6, 6.07) is 3.34. The summed E-state index contributed by atoms with van der Waals surface area (Å²) in [5.74, 6) is -0.144. The van der Waals surface area contributed by atoms with Crippen molar-refractivity contribution < 1.29 is 4.79 Å². The minimum absolute atomic E-state index is 0.0272. The van der Waals surface area contributed by atoms with Crippen LogP contribution in [0.4, 0.5) is 0 Å². The molecule has 0 spiro atoms. The van der Waals surface area contributed by atoms with Crippen molar-refractivity contribution in [2.75, 3.05) is 0 Å². The quantitative estimate of drug-likeness (QED) is 0.767. The van der Waals surface area contributed by atoms with Gasteiger partial charge in [0, 0.05) is 17.3 Å². The summed E-state index contributed by atoms with van der Waals surface area (Å²) >= 11 is 4.81. The Labute approximate surface area is 99.2 Å². The van der Waals surface area contributed by atoms with Crippen molar-refractivity contribution in [3.8, 4) is 0 Å². The molecule has 1 aromatic heterocycles. The second-order valence-electron chi connectivity index (χ2n) is 4.31. The van der Waals surface area contributed by atoms with Crippen LogP contribution in [-0.4, -0.2) is 21.4 Å². The maximum Gasteiger partial charge on any atom is 0.270 e. The monoisotopic (exact) mass is 235 g/mol. The largest absolute Gasteiger partial charge is 0.389 e. The molecule has 1 amide bonds. The summed E-state index contributed by atoms with van der Waals surface area (Å²) in [5.41, 5.74) is 6.48. The van der Waals surface area contributed by atoms with Gasteiger partial charge in [-0.3, -0.25) is 9.78 Å². The van der Waals surface area contributed by atoms with Gasteiger partial charge in [-0.25, -0.2) is 0 Å². The van der Waals surface area contributed by atoms with Crippen LogP contribution in [0.3, 0.4) is 0 Å². The van der Waals surface area contributed by atoms with Crippen LogP contribution < -0.4 is 11.1 Å². The first-order valence-electron chi connectivity index (χ1n) is 5.09. The highest BCUT2D eigenvalue weighted by Crippen LogP contribution is 2.34. The molecular weight excluding hydrogens is 222 g/mol. The minimum Gasteiger partial charge on any atom is -0.389 e. The smallest absolute Gasteiger partial charge is 0.270 e. The average molecular weight is 235 g/mol. The van der Waals surface area contributed by atoms with Crippen molar-refractivity contribution in [3.63, 3.8) is 0 Å². The molecule has 1 fully saturated rings. The van der Waals surface area contributed by atoms with Crippen LogP contribution in [0.1, 0.15) is 35.8 Å². The lowest BCUT2D eigenvalue weighted by Gasteiger charge is -2.10. The summed E-state index contributed by atoms with van der Waals surface area (Å²) in [6.07, 6.45) is 3.58. The molecule has 4 nitrogen and oxygen atoms in total. The first kappa shape index (κ1) is 11.0. The number of aromatic nitrogens is 1. The summed E-state index contributed by atoms with van der Waals surface area (Å²) in [5, 5.41) is 2.93. The van der Waals surface area contributed by atoms with Gasteiger partial charge in [-0.2, -0.15) is 0 Å². The van der Waals surface area contributed by atoms with E-state index in [2.05, 4.69) is 10.3 Å². The number of rotatable bonds is 3. The third-order valence-electron chi connectivity index (χ3n) is 2.70. The van der Waals surface area contributed by atoms with Crippen LogP contribution in [0.5, 0.6) is 0 Å². The molecule has 0 bridgehead atoms. The van der Waals surface area contributed by atoms with Gasteiger partial charge in [0.1, 0.15) is 10.7 Å².